The lowest BCUT2D eigenvalue weighted by atomic mass is 10.00. The molecule has 0 aliphatic carbocycles. The van der Waals surface area contributed by atoms with Crippen LogP contribution in [-0.2, 0) is 4.79 Å². The van der Waals surface area contributed by atoms with E-state index in [9.17, 15) is 4.79 Å². The average molecular weight is 248 g/mol. The van der Waals surface area contributed by atoms with Gasteiger partial charge in [-0.2, -0.15) is 0 Å². The molecule has 0 radical (unpaired) electrons. The number of para-hydroxylation sites is 1. The molecule has 0 aromatic heterocycles. The van der Waals surface area contributed by atoms with Gasteiger partial charge in [-0.15, -0.1) is 0 Å². The Morgan fingerprint density at radius 3 is 2.61 bits per heavy atom. The minimum Gasteiger partial charge on any atom is -0.481 e. The number of nitrogens with two attached hydrogens (primary N) is 1. The molecule has 0 spiro atoms. The molecule has 0 amide bonds. The molecule has 2 rings (SSSR count). The number of hydrogen-bond donors (Lipinski definition) is 2. The van der Waals surface area contributed by atoms with Crippen molar-refractivity contribution in [1.29, 1.82) is 0 Å². The normalized spacial score (nSPS) is 17.5. The molecular weight excluding hydrogens is 228 g/mol. The van der Waals surface area contributed by atoms with Gasteiger partial charge in [-0.1, -0.05) is 18.2 Å². The van der Waals surface area contributed by atoms with E-state index in [-0.39, 0.29) is 6.42 Å². The number of carboxylic acids is 1. The topological polar surface area (TPSA) is 66.6 Å². The van der Waals surface area contributed by atoms with E-state index in [1.54, 1.807) is 0 Å². The second kappa shape index (κ2) is 5.87. The summed E-state index contributed by atoms with van der Waals surface area (Å²) in [7, 11) is 0. The molecule has 1 fully saturated rings. The Hall–Kier alpha value is -1.55. The van der Waals surface area contributed by atoms with Crippen molar-refractivity contribution < 1.29 is 9.90 Å². The first-order valence-electron chi connectivity index (χ1n) is 6.49. The predicted octanol–water partition coefficient (Wildman–Crippen LogP) is 2.15. The third kappa shape index (κ3) is 3.01. The van der Waals surface area contributed by atoms with Crippen LogP contribution >= 0.6 is 0 Å². The van der Waals surface area contributed by atoms with Crippen LogP contribution < -0.4 is 10.6 Å². The van der Waals surface area contributed by atoms with E-state index in [0.717, 1.165) is 24.3 Å². The van der Waals surface area contributed by atoms with Crippen LogP contribution in [0.2, 0.25) is 0 Å². The zero-order valence-electron chi connectivity index (χ0n) is 10.5. The zero-order valence-corrected chi connectivity index (χ0v) is 10.5. The average Bonchev–Trinajstić information content (AvgIpc) is 2.39. The highest BCUT2D eigenvalue weighted by molar-refractivity contribution is 5.69. The number of rotatable bonds is 4. The maximum atomic E-state index is 10.8. The lowest BCUT2D eigenvalue weighted by Crippen LogP contribution is -2.31. The molecule has 3 N–H and O–H groups in total. The Morgan fingerprint density at radius 1 is 1.28 bits per heavy atom. The summed E-state index contributed by atoms with van der Waals surface area (Å²) in [5, 5.41) is 8.85. The third-order valence-corrected chi connectivity index (χ3v) is 3.43. The van der Waals surface area contributed by atoms with Crippen LogP contribution in [0.5, 0.6) is 0 Å². The van der Waals surface area contributed by atoms with Crippen molar-refractivity contribution in [3.8, 4) is 0 Å². The Kier molecular flexibility index (Phi) is 4.20. The van der Waals surface area contributed by atoms with E-state index >= 15 is 0 Å². The Balaban J connectivity index is 2.21. The number of anilines is 1. The second-order valence-corrected chi connectivity index (χ2v) is 4.81. The van der Waals surface area contributed by atoms with Crippen molar-refractivity contribution in [2.24, 2.45) is 5.73 Å². The summed E-state index contributed by atoms with van der Waals surface area (Å²) in [5.41, 5.74) is 8.04. The van der Waals surface area contributed by atoms with Gasteiger partial charge in [0.2, 0.25) is 0 Å². The molecule has 1 aromatic rings. The molecule has 98 valence electrons. The molecule has 1 saturated heterocycles. The van der Waals surface area contributed by atoms with Crippen LogP contribution in [0.3, 0.4) is 0 Å². The SMILES string of the molecule is NC(CC(=O)O)c1ccccc1N1CCCCC1. The van der Waals surface area contributed by atoms with Crippen molar-refractivity contribution in [2.75, 3.05) is 18.0 Å². The highest BCUT2D eigenvalue weighted by Crippen LogP contribution is 2.28. The van der Waals surface area contributed by atoms with E-state index < -0.39 is 12.0 Å². The number of aliphatic carboxylic acids is 1. The van der Waals surface area contributed by atoms with Gasteiger partial charge < -0.3 is 15.7 Å². The van der Waals surface area contributed by atoms with Crippen molar-refractivity contribution in [1.82, 2.24) is 0 Å². The van der Waals surface area contributed by atoms with Crippen LogP contribution in [-0.4, -0.2) is 24.2 Å². The summed E-state index contributed by atoms with van der Waals surface area (Å²) in [4.78, 5) is 13.1. The molecule has 1 aliphatic rings. The lowest BCUT2D eigenvalue weighted by molar-refractivity contribution is -0.137. The summed E-state index contributed by atoms with van der Waals surface area (Å²) in [6, 6.07) is 7.46. The molecule has 1 aliphatic heterocycles. The first kappa shape index (κ1) is 12.9. The predicted molar refractivity (Wildman–Crippen MR) is 71.7 cm³/mol. The van der Waals surface area contributed by atoms with Gasteiger partial charge in [0.05, 0.1) is 6.42 Å². The van der Waals surface area contributed by atoms with E-state index in [2.05, 4.69) is 4.90 Å². The Morgan fingerprint density at radius 2 is 1.94 bits per heavy atom. The Labute approximate surface area is 107 Å². The zero-order chi connectivity index (χ0) is 13.0. The molecule has 1 atom stereocenters. The highest BCUT2D eigenvalue weighted by atomic mass is 16.4. The second-order valence-electron chi connectivity index (χ2n) is 4.81. The summed E-state index contributed by atoms with van der Waals surface area (Å²) >= 11 is 0. The van der Waals surface area contributed by atoms with Gasteiger partial charge in [-0.25, -0.2) is 0 Å². The van der Waals surface area contributed by atoms with E-state index in [4.69, 9.17) is 10.8 Å². The largest absolute Gasteiger partial charge is 0.481 e. The van der Waals surface area contributed by atoms with E-state index in [1.807, 2.05) is 24.3 Å². The van der Waals surface area contributed by atoms with Gasteiger partial charge >= 0.3 is 5.97 Å². The van der Waals surface area contributed by atoms with Crippen LogP contribution in [0, 0.1) is 0 Å². The minimum absolute atomic E-state index is 0.0230. The van der Waals surface area contributed by atoms with E-state index in [1.165, 1.54) is 19.3 Å². The maximum absolute atomic E-state index is 10.8. The number of nitrogens with zero attached hydrogens (tertiary/aromatic N) is 1. The number of benzene rings is 1. The first-order valence-corrected chi connectivity index (χ1v) is 6.49. The standard InChI is InChI=1S/C14H20N2O2/c15-12(10-14(17)18)11-6-2-3-7-13(11)16-8-4-1-5-9-16/h2-3,6-7,12H,1,4-5,8-10,15H2,(H,17,18). The van der Waals surface area contributed by atoms with Gasteiger partial charge in [0.25, 0.3) is 0 Å². The smallest absolute Gasteiger partial charge is 0.305 e. The van der Waals surface area contributed by atoms with Crippen LogP contribution in [0.25, 0.3) is 0 Å². The van der Waals surface area contributed by atoms with Crippen LogP contribution in [0.1, 0.15) is 37.3 Å². The van der Waals surface area contributed by atoms with Gasteiger partial charge in [0, 0.05) is 24.8 Å². The van der Waals surface area contributed by atoms with Gasteiger partial charge in [0.1, 0.15) is 0 Å². The third-order valence-electron chi connectivity index (χ3n) is 3.43. The number of hydrogen-bond acceptors (Lipinski definition) is 3. The van der Waals surface area contributed by atoms with Gasteiger partial charge in [-0.3, -0.25) is 4.79 Å². The Bertz CT molecular complexity index is 414. The maximum Gasteiger partial charge on any atom is 0.305 e. The number of carboxylic acid groups (broad SMARTS) is 1. The highest BCUT2D eigenvalue weighted by Gasteiger charge is 2.19. The fourth-order valence-electron chi connectivity index (χ4n) is 2.52. The fourth-order valence-corrected chi connectivity index (χ4v) is 2.52. The van der Waals surface area contributed by atoms with Gasteiger partial charge in [0.15, 0.2) is 0 Å². The van der Waals surface area contributed by atoms with Crippen molar-refractivity contribution >= 4 is 11.7 Å². The summed E-state index contributed by atoms with van der Waals surface area (Å²) in [6.07, 6.45) is 3.65. The molecule has 0 bridgehead atoms. The molecule has 4 heteroatoms. The number of carbonyl (C=O) groups is 1. The van der Waals surface area contributed by atoms with E-state index in [0.29, 0.717) is 0 Å². The van der Waals surface area contributed by atoms with Crippen molar-refractivity contribution in [3.63, 3.8) is 0 Å². The van der Waals surface area contributed by atoms with Crippen molar-refractivity contribution in [2.45, 2.75) is 31.7 Å². The van der Waals surface area contributed by atoms with Crippen LogP contribution in [0.15, 0.2) is 24.3 Å². The van der Waals surface area contributed by atoms with Gasteiger partial charge in [-0.05, 0) is 30.9 Å². The molecule has 1 heterocycles. The molecule has 1 aromatic carbocycles. The quantitative estimate of drug-likeness (QED) is 0.856. The summed E-state index contributed by atoms with van der Waals surface area (Å²) in [6.45, 7) is 2.08. The molecule has 4 nitrogen and oxygen atoms in total. The van der Waals surface area contributed by atoms with Crippen LogP contribution in [0.4, 0.5) is 5.69 Å². The minimum atomic E-state index is -0.851. The molecular formula is C14H20N2O2. The van der Waals surface area contributed by atoms with Crippen molar-refractivity contribution in [3.05, 3.63) is 29.8 Å². The summed E-state index contributed by atoms with van der Waals surface area (Å²) < 4.78 is 0. The molecule has 18 heavy (non-hydrogen) atoms. The number of piperidine rings is 1. The molecule has 0 saturated carbocycles. The monoisotopic (exact) mass is 248 g/mol. The lowest BCUT2D eigenvalue weighted by Gasteiger charge is -2.31. The fraction of sp³-hybridized carbons (Fsp3) is 0.500. The first-order chi connectivity index (χ1) is 8.68. The summed E-state index contributed by atoms with van der Waals surface area (Å²) in [5.74, 6) is -0.851. The molecule has 1 unspecified atom stereocenters.